The van der Waals surface area contributed by atoms with Crippen molar-refractivity contribution < 1.29 is 9.18 Å². The molecule has 0 aliphatic rings. The predicted octanol–water partition coefficient (Wildman–Crippen LogP) is 3.10. The summed E-state index contributed by atoms with van der Waals surface area (Å²) in [6, 6.07) is 4.49. The minimum atomic E-state index is -0.305. The Labute approximate surface area is 122 Å². The fourth-order valence-corrected chi connectivity index (χ4v) is 2.60. The highest BCUT2D eigenvalue weighted by Crippen LogP contribution is 2.16. The summed E-state index contributed by atoms with van der Waals surface area (Å²) >= 11 is 5.23. The van der Waals surface area contributed by atoms with E-state index in [1.807, 2.05) is 18.4 Å². The van der Waals surface area contributed by atoms with E-state index in [2.05, 4.69) is 4.98 Å². The van der Waals surface area contributed by atoms with Crippen LogP contribution in [0.1, 0.15) is 20.3 Å². The Balaban J connectivity index is 2.20. The highest BCUT2D eigenvalue weighted by atomic mass is 32.1. The number of hydrogen-bond donors (Lipinski definition) is 1. The highest BCUT2D eigenvalue weighted by Gasteiger charge is 2.11. The van der Waals surface area contributed by atoms with Gasteiger partial charge in [-0.15, -0.1) is 0 Å². The number of aromatic amines is 1. The van der Waals surface area contributed by atoms with E-state index in [-0.39, 0.29) is 11.7 Å². The molecule has 0 saturated carbocycles. The van der Waals surface area contributed by atoms with Crippen molar-refractivity contribution in [2.75, 3.05) is 13.1 Å². The van der Waals surface area contributed by atoms with E-state index in [1.54, 1.807) is 11.0 Å². The lowest BCUT2D eigenvalue weighted by molar-refractivity contribution is -0.131. The Morgan fingerprint density at radius 3 is 2.75 bits per heavy atom. The van der Waals surface area contributed by atoms with Crippen LogP contribution in [-0.4, -0.2) is 33.4 Å². The largest absolute Gasteiger partial charge is 0.343 e. The van der Waals surface area contributed by atoms with Gasteiger partial charge in [-0.2, -0.15) is 0 Å². The van der Waals surface area contributed by atoms with Gasteiger partial charge < -0.3 is 14.5 Å². The topological polar surface area (TPSA) is 41.0 Å². The number of H-pyrrole nitrogens is 1. The second-order valence-electron chi connectivity index (χ2n) is 4.56. The van der Waals surface area contributed by atoms with Gasteiger partial charge in [0.05, 0.1) is 11.0 Å². The fraction of sp³-hybridized carbons (Fsp3) is 0.429. The van der Waals surface area contributed by atoms with E-state index in [1.165, 1.54) is 12.1 Å². The summed E-state index contributed by atoms with van der Waals surface area (Å²) in [6.45, 7) is 5.84. The molecule has 6 heteroatoms. The Morgan fingerprint density at radius 1 is 1.40 bits per heavy atom. The Hall–Kier alpha value is -1.69. The van der Waals surface area contributed by atoms with E-state index < -0.39 is 0 Å². The number of carbonyl (C=O) groups excluding carboxylic acids is 1. The number of halogens is 1. The molecule has 1 aromatic heterocycles. The molecule has 0 bridgehead atoms. The smallest absolute Gasteiger partial charge is 0.224 e. The zero-order valence-corrected chi connectivity index (χ0v) is 12.5. The molecule has 0 aliphatic carbocycles. The maximum atomic E-state index is 13.2. The van der Waals surface area contributed by atoms with E-state index in [0.29, 0.717) is 36.3 Å². The molecule has 0 atom stereocenters. The Kier molecular flexibility index (Phi) is 4.54. The summed E-state index contributed by atoms with van der Waals surface area (Å²) < 4.78 is 15.5. The van der Waals surface area contributed by atoms with Crippen LogP contribution in [0.15, 0.2) is 18.2 Å². The Morgan fingerprint density at radius 2 is 2.10 bits per heavy atom. The number of amides is 1. The van der Waals surface area contributed by atoms with E-state index in [9.17, 15) is 9.18 Å². The molecule has 1 aromatic carbocycles. The van der Waals surface area contributed by atoms with Crippen LogP contribution in [0.3, 0.4) is 0 Å². The van der Waals surface area contributed by atoms with Gasteiger partial charge in [-0.1, -0.05) is 0 Å². The zero-order chi connectivity index (χ0) is 14.7. The first-order chi connectivity index (χ1) is 9.56. The number of fused-ring (bicyclic) bond motifs is 1. The fourth-order valence-electron chi connectivity index (χ4n) is 2.30. The first-order valence-corrected chi connectivity index (χ1v) is 7.13. The van der Waals surface area contributed by atoms with Gasteiger partial charge in [-0.25, -0.2) is 4.39 Å². The molecule has 0 spiro atoms. The molecule has 0 fully saturated rings. The Bertz CT molecular complexity index is 673. The van der Waals surface area contributed by atoms with Gasteiger partial charge in [0, 0.05) is 26.1 Å². The molecule has 1 N–H and O–H groups in total. The zero-order valence-electron chi connectivity index (χ0n) is 11.6. The number of rotatable bonds is 5. The van der Waals surface area contributed by atoms with Gasteiger partial charge in [-0.05, 0) is 44.3 Å². The van der Waals surface area contributed by atoms with Gasteiger partial charge in [0.1, 0.15) is 5.82 Å². The third kappa shape index (κ3) is 2.90. The average molecular weight is 295 g/mol. The second kappa shape index (κ2) is 6.17. The third-order valence-corrected chi connectivity index (χ3v) is 3.72. The van der Waals surface area contributed by atoms with Crippen molar-refractivity contribution in [3.8, 4) is 0 Å². The lowest BCUT2D eigenvalue weighted by Crippen LogP contribution is -2.31. The molecule has 108 valence electrons. The quantitative estimate of drug-likeness (QED) is 0.861. The minimum Gasteiger partial charge on any atom is -0.343 e. The van der Waals surface area contributed by atoms with Crippen molar-refractivity contribution in [1.29, 1.82) is 0 Å². The van der Waals surface area contributed by atoms with Gasteiger partial charge in [0.2, 0.25) is 5.91 Å². The summed E-state index contributed by atoms with van der Waals surface area (Å²) in [6.07, 6.45) is 0.389. The third-order valence-electron chi connectivity index (χ3n) is 3.40. The monoisotopic (exact) mass is 295 g/mol. The molecular formula is C14H18FN3OS. The second-order valence-corrected chi connectivity index (χ2v) is 4.95. The van der Waals surface area contributed by atoms with Crippen molar-refractivity contribution in [2.24, 2.45) is 0 Å². The van der Waals surface area contributed by atoms with E-state index in [4.69, 9.17) is 12.2 Å². The maximum absolute atomic E-state index is 13.2. The molecular weight excluding hydrogens is 277 g/mol. The highest BCUT2D eigenvalue weighted by molar-refractivity contribution is 7.71. The molecule has 4 nitrogen and oxygen atoms in total. The molecule has 2 rings (SSSR count). The number of nitrogens with zero attached hydrogens (tertiary/aromatic N) is 2. The lowest BCUT2D eigenvalue weighted by Gasteiger charge is -2.18. The van der Waals surface area contributed by atoms with Crippen molar-refractivity contribution in [2.45, 2.75) is 26.8 Å². The summed E-state index contributed by atoms with van der Waals surface area (Å²) in [7, 11) is 0. The molecule has 0 unspecified atom stereocenters. The molecule has 0 radical (unpaired) electrons. The van der Waals surface area contributed by atoms with Gasteiger partial charge in [-0.3, -0.25) is 4.79 Å². The summed E-state index contributed by atoms with van der Waals surface area (Å²) in [5, 5.41) is 0. The van der Waals surface area contributed by atoms with E-state index >= 15 is 0 Å². The summed E-state index contributed by atoms with van der Waals surface area (Å²) in [5.41, 5.74) is 1.48. The minimum absolute atomic E-state index is 0.105. The average Bonchev–Trinajstić information content (AvgIpc) is 2.72. The van der Waals surface area contributed by atoms with Crippen molar-refractivity contribution in [3.05, 3.63) is 28.8 Å². The number of imidazole rings is 1. The van der Waals surface area contributed by atoms with E-state index in [0.717, 1.165) is 5.52 Å². The predicted molar refractivity (Wildman–Crippen MR) is 79.6 cm³/mol. The maximum Gasteiger partial charge on any atom is 0.224 e. The van der Waals surface area contributed by atoms with Crippen LogP contribution in [0.25, 0.3) is 11.0 Å². The normalized spacial score (nSPS) is 10.9. The number of nitrogens with one attached hydrogen (secondary N) is 1. The number of aromatic nitrogens is 2. The molecule has 0 saturated heterocycles. The summed E-state index contributed by atoms with van der Waals surface area (Å²) in [5.74, 6) is -0.200. The van der Waals surface area contributed by atoms with Crippen molar-refractivity contribution in [3.63, 3.8) is 0 Å². The number of hydrogen-bond acceptors (Lipinski definition) is 2. The van der Waals surface area contributed by atoms with Crippen LogP contribution in [0, 0.1) is 10.6 Å². The van der Waals surface area contributed by atoms with Crippen molar-refractivity contribution >= 4 is 29.2 Å². The molecule has 0 aliphatic heterocycles. The van der Waals surface area contributed by atoms with Crippen LogP contribution in [0.4, 0.5) is 4.39 Å². The number of carbonyl (C=O) groups is 1. The SMILES string of the molecule is CCN(CC)C(=O)CCn1c(=S)[nH]c2cc(F)ccc21. The lowest BCUT2D eigenvalue weighted by atomic mass is 10.3. The molecule has 1 amide bonds. The number of aryl methyl sites for hydroxylation is 1. The molecule has 2 aromatic rings. The van der Waals surface area contributed by atoms with Crippen molar-refractivity contribution in [1.82, 2.24) is 14.5 Å². The van der Waals surface area contributed by atoms with Gasteiger partial charge in [0.15, 0.2) is 4.77 Å². The standard InChI is InChI=1S/C14H18FN3OS/c1-3-17(4-2)13(19)7-8-18-12-6-5-10(15)9-11(12)16-14(18)20/h5-6,9H,3-4,7-8H2,1-2H3,(H,16,20). The van der Waals surface area contributed by atoms with Crippen LogP contribution >= 0.6 is 12.2 Å². The van der Waals surface area contributed by atoms with Crippen LogP contribution < -0.4 is 0 Å². The number of benzene rings is 1. The van der Waals surface area contributed by atoms with Crippen LogP contribution in [-0.2, 0) is 11.3 Å². The van der Waals surface area contributed by atoms with Gasteiger partial charge in [0.25, 0.3) is 0 Å². The first kappa shape index (κ1) is 14.7. The summed E-state index contributed by atoms with van der Waals surface area (Å²) in [4.78, 5) is 16.8. The molecule has 1 heterocycles. The molecule has 20 heavy (non-hydrogen) atoms. The van der Waals surface area contributed by atoms with Gasteiger partial charge >= 0.3 is 0 Å². The van der Waals surface area contributed by atoms with Crippen LogP contribution in [0.5, 0.6) is 0 Å². The first-order valence-electron chi connectivity index (χ1n) is 6.72. The van der Waals surface area contributed by atoms with Crippen LogP contribution in [0.2, 0.25) is 0 Å².